The summed E-state index contributed by atoms with van der Waals surface area (Å²) in [7, 11) is 0. The van der Waals surface area contributed by atoms with E-state index in [-0.39, 0.29) is 5.54 Å². The van der Waals surface area contributed by atoms with Crippen molar-refractivity contribution in [2.45, 2.75) is 25.3 Å². The number of benzene rings is 2. The molecule has 0 aromatic heterocycles. The lowest BCUT2D eigenvalue weighted by molar-refractivity contribution is 0.338. The lowest BCUT2D eigenvalue weighted by Crippen LogP contribution is -2.37. The van der Waals surface area contributed by atoms with Gasteiger partial charge >= 0.3 is 0 Å². The second-order valence-electron chi connectivity index (χ2n) is 5.24. The first-order valence-electron chi connectivity index (χ1n) is 6.80. The minimum atomic E-state index is -0.295. The predicted molar refractivity (Wildman–Crippen MR) is 77.3 cm³/mol. The molecule has 2 nitrogen and oxygen atoms in total. The van der Waals surface area contributed by atoms with Gasteiger partial charge in [-0.05, 0) is 48.6 Å². The van der Waals surface area contributed by atoms with E-state index in [0.717, 1.165) is 24.2 Å². The van der Waals surface area contributed by atoms with Gasteiger partial charge in [0, 0.05) is 5.54 Å². The highest BCUT2D eigenvalue weighted by atomic mass is 16.5. The van der Waals surface area contributed by atoms with Gasteiger partial charge in [-0.3, -0.25) is 0 Å². The van der Waals surface area contributed by atoms with Gasteiger partial charge in [-0.2, -0.15) is 0 Å². The van der Waals surface area contributed by atoms with Crippen LogP contribution in [0.5, 0.6) is 5.75 Å². The molecular formula is C17H19NO. The van der Waals surface area contributed by atoms with Crippen LogP contribution < -0.4 is 10.5 Å². The minimum absolute atomic E-state index is 0.295. The molecule has 2 heteroatoms. The second-order valence-corrected chi connectivity index (χ2v) is 5.24. The Bertz CT molecular complexity index is 566. The van der Waals surface area contributed by atoms with Gasteiger partial charge in [0.2, 0.25) is 0 Å². The number of ether oxygens (including phenoxy) is 1. The van der Waals surface area contributed by atoms with Gasteiger partial charge < -0.3 is 10.5 Å². The lowest BCUT2D eigenvalue weighted by atomic mass is 9.88. The summed E-state index contributed by atoms with van der Waals surface area (Å²) in [5.74, 6) is 0.904. The van der Waals surface area contributed by atoms with E-state index in [9.17, 15) is 0 Å². The Morgan fingerprint density at radius 3 is 2.37 bits per heavy atom. The highest BCUT2D eigenvalue weighted by molar-refractivity contribution is 5.43. The van der Waals surface area contributed by atoms with Crippen LogP contribution in [0.1, 0.15) is 23.6 Å². The minimum Gasteiger partial charge on any atom is -0.494 e. The van der Waals surface area contributed by atoms with E-state index in [0.29, 0.717) is 6.61 Å². The molecule has 2 aromatic carbocycles. The molecule has 0 bridgehead atoms. The highest BCUT2D eigenvalue weighted by Gasteiger charge is 2.34. The van der Waals surface area contributed by atoms with Gasteiger partial charge in [-0.25, -0.2) is 0 Å². The molecule has 19 heavy (non-hydrogen) atoms. The van der Waals surface area contributed by atoms with Crippen LogP contribution in [0, 0.1) is 0 Å². The Morgan fingerprint density at radius 1 is 1.05 bits per heavy atom. The van der Waals surface area contributed by atoms with Gasteiger partial charge in [0.15, 0.2) is 0 Å². The molecule has 0 spiro atoms. The van der Waals surface area contributed by atoms with E-state index in [2.05, 4.69) is 36.4 Å². The Morgan fingerprint density at radius 2 is 1.74 bits per heavy atom. The van der Waals surface area contributed by atoms with Gasteiger partial charge in [-0.1, -0.05) is 36.4 Å². The van der Waals surface area contributed by atoms with Crippen LogP contribution in [-0.4, -0.2) is 6.61 Å². The predicted octanol–water partition coefficient (Wildman–Crippen LogP) is 3.04. The van der Waals surface area contributed by atoms with Crippen molar-refractivity contribution < 1.29 is 4.74 Å². The molecule has 0 atom stereocenters. The fourth-order valence-corrected chi connectivity index (χ4v) is 2.91. The van der Waals surface area contributed by atoms with Crippen LogP contribution in [-0.2, 0) is 18.4 Å². The fourth-order valence-electron chi connectivity index (χ4n) is 2.91. The van der Waals surface area contributed by atoms with E-state index in [4.69, 9.17) is 10.5 Å². The Hall–Kier alpha value is -1.80. The van der Waals surface area contributed by atoms with Crippen molar-refractivity contribution in [1.29, 1.82) is 0 Å². The van der Waals surface area contributed by atoms with Crippen LogP contribution in [0.4, 0.5) is 0 Å². The van der Waals surface area contributed by atoms with Gasteiger partial charge in [-0.15, -0.1) is 0 Å². The molecule has 1 aliphatic rings. The van der Waals surface area contributed by atoms with Gasteiger partial charge in [0.05, 0.1) is 6.61 Å². The molecule has 0 amide bonds. The maximum Gasteiger partial charge on any atom is 0.119 e. The molecule has 3 rings (SSSR count). The molecule has 0 heterocycles. The van der Waals surface area contributed by atoms with E-state index in [1.54, 1.807) is 0 Å². The SMILES string of the molecule is CCOc1cccc(C2(N)Cc3ccccc3C2)c1. The summed E-state index contributed by atoms with van der Waals surface area (Å²) in [5.41, 5.74) is 10.2. The van der Waals surface area contributed by atoms with E-state index in [1.165, 1.54) is 11.1 Å². The van der Waals surface area contributed by atoms with Crippen LogP contribution in [0.25, 0.3) is 0 Å². The number of rotatable bonds is 3. The summed E-state index contributed by atoms with van der Waals surface area (Å²) < 4.78 is 5.57. The third kappa shape index (κ3) is 2.24. The molecule has 2 aromatic rings. The first-order valence-corrected chi connectivity index (χ1v) is 6.80. The van der Waals surface area contributed by atoms with Crippen LogP contribution in [0.3, 0.4) is 0 Å². The first-order chi connectivity index (χ1) is 9.21. The largest absolute Gasteiger partial charge is 0.494 e. The Balaban J connectivity index is 1.93. The third-order valence-corrected chi connectivity index (χ3v) is 3.85. The van der Waals surface area contributed by atoms with Crippen molar-refractivity contribution in [2.75, 3.05) is 6.61 Å². The zero-order chi connectivity index (χ0) is 13.3. The van der Waals surface area contributed by atoms with E-state index >= 15 is 0 Å². The zero-order valence-corrected chi connectivity index (χ0v) is 11.2. The van der Waals surface area contributed by atoms with Gasteiger partial charge in [0.25, 0.3) is 0 Å². The first kappa shape index (κ1) is 12.2. The summed E-state index contributed by atoms with van der Waals surface area (Å²) in [4.78, 5) is 0. The molecule has 0 aliphatic heterocycles. The molecule has 1 aliphatic carbocycles. The summed E-state index contributed by atoms with van der Waals surface area (Å²) in [6.07, 6.45) is 1.80. The Labute approximate surface area is 114 Å². The van der Waals surface area contributed by atoms with Crippen molar-refractivity contribution in [3.05, 3.63) is 65.2 Å². The topological polar surface area (TPSA) is 35.2 Å². The standard InChI is InChI=1S/C17H19NO/c1-2-19-16-9-5-8-15(10-16)17(18)11-13-6-3-4-7-14(13)12-17/h3-10H,2,11-12,18H2,1H3. The molecule has 0 unspecified atom stereocenters. The number of hydrogen-bond donors (Lipinski definition) is 1. The van der Waals surface area contributed by atoms with Crippen LogP contribution >= 0.6 is 0 Å². The average molecular weight is 253 g/mol. The van der Waals surface area contributed by atoms with Crippen molar-refractivity contribution in [3.63, 3.8) is 0 Å². The van der Waals surface area contributed by atoms with Crippen LogP contribution in [0.2, 0.25) is 0 Å². The highest BCUT2D eigenvalue weighted by Crippen LogP contribution is 2.36. The molecule has 2 N–H and O–H groups in total. The maximum atomic E-state index is 6.64. The summed E-state index contributed by atoms with van der Waals surface area (Å²) in [5, 5.41) is 0. The maximum absolute atomic E-state index is 6.64. The average Bonchev–Trinajstić information content (AvgIpc) is 2.77. The lowest BCUT2D eigenvalue weighted by Gasteiger charge is -2.24. The number of fused-ring (bicyclic) bond motifs is 1. The third-order valence-electron chi connectivity index (χ3n) is 3.85. The molecule has 0 saturated heterocycles. The number of hydrogen-bond acceptors (Lipinski definition) is 2. The normalized spacial score (nSPS) is 16.1. The molecule has 0 radical (unpaired) electrons. The van der Waals surface area contributed by atoms with Crippen molar-refractivity contribution >= 4 is 0 Å². The van der Waals surface area contributed by atoms with Crippen molar-refractivity contribution in [1.82, 2.24) is 0 Å². The van der Waals surface area contributed by atoms with E-state index < -0.39 is 0 Å². The molecule has 98 valence electrons. The molecular weight excluding hydrogens is 234 g/mol. The van der Waals surface area contributed by atoms with Gasteiger partial charge in [0.1, 0.15) is 5.75 Å². The van der Waals surface area contributed by atoms with Crippen molar-refractivity contribution in [2.24, 2.45) is 5.73 Å². The fraction of sp³-hybridized carbons (Fsp3) is 0.294. The molecule has 0 fully saturated rings. The summed E-state index contributed by atoms with van der Waals surface area (Å²) in [6, 6.07) is 16.7. The Kier molecular flexibility index (Phi) is 3.03. The van der Waals surface area contributed by atoms with Crippen LogP contribution in [0.15, 0.2) is 48.5 Å². The van der Waals surface area contributed by atoms with Crippen molar-refractivity contribution in [3.8, 4) is 5.75 Å². The summed E-state index contributed by atoms with van der Waals surface area (Å²) in [6.45, 7) is 2.68. The summed E-state index contributed by atoms with van der Waals surface area (Å²) >= 11 is 0. The zero-order valence-electron chi connectivity index (χ0n) is 11.2. The number of nitrogens with two attached hydrogens (primary N) is 1. The molecule has 0 saturated carbocycles. The smallest absolute Gasteiger partial charge is 0.119 e. The quantitative estimate of drug-likeness (QED) is 0.912. The van der Waals surface area contributed by atoms with E-state index in [1.807, 2.05) is 19.1 Å². The second kappa shape index (κ2) is 4.71. The monoisotopic (exact) mass is 253 g/mol.